The molecular formula is C20H21N5O2. The van der Waals surface area contributed by atoms with Gasteiger partial charge in [-0.05, 0) is 18.4 Å². The van der Waals surface area contributed by atoms with E-state index in [1.54, 1.807) is 0 Å². The molecule has 1 atom stereocenters. The molecule has 0 saturated carbocycles. The van der Waals surface area contributed by atoms with Crippen LogP contribution in [0.2, 0.25) is 0 Å². The van der Waals surface area contributed by atoms with Crippen molar-refractivity contribution in [3.63, 3.8) is 0 Å². The summed E-state index contributed by atoms with van der Waals surface area (Å²) in [4.78, 5) is 22.8. The largest absolute Gasteiger partial charge is 0.467 e. The Morgan fingerprint density at radius 1 is 1.19 bits per heavy atom. The lowest BCUT2D eigenvalue weighted by Gasteiger charge is -2.32. The molecule has 1 N–H and O–H groups in total. The number of benzene rings is 1. The zero-order valence-electron chi connectivity index (χ0n) is 15.1. The number of carbonyl (C=O) groups excluding carboxylic acids is 1. The number of rotatable bonds is 4. The molecule has 7 heteroatoms. The minimum Gasteiger partial charge on any atom is -0.467 e. The van der Waals surface area contributed by atoms with E-state index < -0.39 is 0 Å². The Balaban J connectivity index is 1.53. The van der Waals surface area contributed by atoms with Gasteiger partial charge in [0.05, 0.1) is 18.9 Å². The number of carbonyl (C=O) groups is 1. The zero-order chi connectivity index (χ0) is 18.6. The Morgan fingerprint density at radius 3 is 2.70 bits per heavy atom. The predicted octanol–water partition coefficient (Wildman–Crippen LogP) is 2.90. The monoisotopic (exact) mass is 363 g/mol. The lowest BCUT2D eigenvalue weighted by atomic mass is 9.90. The van der Waals surface area contributed by atoms with Gasteiger partial charge in [-0.25, -0.2) is 9.97 Å². The number of aromatic nitrogens is 4. The summed E-state index contributed by atoms with van der Waals surface area (Å²) in [6, 6.07) is 10.5. The molecule has 3 aromatic rings. The first kappa shape index (κ1) is 17.2. The second-order valence-electron chi connectivity index (χ2n) is 6.61. The smallest absolute Gasteiger partial charge is 0.316 e. The number of aromatic amines is 1. The molecule has 1 unspecified atom stereocenters. The van der Waals surface area contributed by atoms with Crippen LogP contribution in [0.3, 0.4) is 0 Å². The van der Waals surface area contributed by atoms with Crippen LogP contribution in [0, 0.1) is 0 Å². The lowest BCUT2D eigenvalue weighted by Crippen LogP contribution is -2.39. The van der Waals surface area contributed by atoms with Crippen molar-refractivity contribution in [3.05, 3.63) is 60.2 Å². The summed E-state index contributed by atoms with van der Waals surface area (Å²) in [5, 5.41) is 7.42. The van der Waals surface area contributed by atoms with Gasteiger partial charge in [-0.2, -0.15) is 5.10 Å². The van der Waals surface area contributed by atoms with Crippen LogP contribution in [0.1, 0.15) is 34.8 Å². The van der Waals surface area contributed by atoms with Crippen LogP contribution in [0.15, 0.2) is 48.9 Å². The summed E-state index contributed by atoms with van der Waals surface area (Å²) >= 11 is 0. The van der Waals surface area contributed by atoms with Crippen LogP contribution in [-0.2, 0) is 0 Å². The average Bonchev–Trinajstić information content (AvgIpc) is 3.24. The van der Waals surface area contributed by atoms with E-state index in [9.17, 15) is 4.79 Å². The highest BCUT2D eigenvalue weighted by atomic mass is 16.5. The quantitative estimate of drug-likeness (QED) is 0.770. The Bertz CT molecular complexity index is 908. The molecule has 1 saturated heterocycles. The Hall–Kier alpha value is -3.22. The van der Waals surface area contributed by atoms with Gasteiger partial charge in [0.1, 0.15) is 0 Å². The van der Waals surface area contributed by atoms with E-state index in [1.165, 1.54) is 19.5 Å². The maximum absolute atomic E-state index is 12.8. The highest BCUT2D eigenvalue weighted by Crippen LogP contribution is 2.33. The Morgan fingerprint density at radius 2 is 1.96 bits per heavy atom. The third-order valence-electron chi connectivity index (χ3n) is 4.93. The first-order valence-corrected chi connectivity index (χ1v) is 9.00. The van der Waals surface area contributed by atoms with Crippen molar-refractivity contribution in [2.45, 2.75) is 18.8 Å². The second-order valence-corrected chi connectivity index (χ2v) is 6.61. The molecule has 0 bridgehead atoms. The summed E-state index contributed by atoms with van der Waals surface area (Å²) < 4.78 is 4.96. The van der Waals surface area contributed by atoms with Crippen molar-refractivity contribution in [1.82, 2.24) is 25.1 Å². The molecule has 3 heterocycles. The third kappa shape index (κ3) is 3.53. The van der Waals surface area contributed by atoms with Crippen molar-refractivity contribution < 1.29 is 9.53 Å². The van der Waals surface area contributed by atoms with Crippen LogP contribution in [-0.4, -0.2) is 51.2 Å². The number of amides is 1. The minimum absolute atomic E-state index is 0.0527. The summed E-state index contributed by atoms with van der Waals surface area (Å²) in [5.41, 5.74) is 3.80. The normalized spacial score (nSPS) is 16.9. The van der Waals surface area contributed by atoms with Crippen molar-refractivity contribution >= 4 is 5.91 Å². The number of piperidine rings is 1. The molecule has 0 aliphatic carbocycles. The Kier molecular flexibility index (Phi) is 4.82. The van der Waals surface area contributed by atoms with Crippen molar-refractivity contribution in [2.24, 2.45) is 0 Å². The minimum atomic E-state index is -0.0527. The van der Waals surface area contributed by atoms with Crippen molar-refractivity contribution in [3.8, 4) is 17.1 Å². The highest BCUT2D eigenvalue weighted by Gasteiger charge is 2.28. The summed E-state index contributed by atoms with van der Waals surface area (Å²) in [7, 11) is 1.50. The van der Waals surface area contributed by atoms with E-state index >= 15 is 0 Å². The standard InChI is InChI=1S/C20H21N5O2/c1-27-20-21-10-16(11-22-20)19(26)25-9-5-8-15(13-25)18-17(12-23-24-18)14-6-3-2-4-7-14/h2-4,6-7,10-12,15H,5,8-9,13H2,1H3,(H,23,24). The molecule has 7 nitrogen and oxygen atoms in total. The van der Waals surface area contributed by atoms with Crippen molar-refractivity contribution in [1.29, 1.82) is 0 Å². The van der Waals surface area contributed by atoms with Gasteiger partial charge in [0.15, 0.2) is 0 Å². The average molecular weight is 363 g/mol. The molecule has 1 aromatic carbocycles. The zero-order valence-corrected chi connectivity index (χ0v) is 15.1. The maximum Gasteiger partial charge on any atom is 0.316 e. The number of hydrogen-bond acceptors (Lipinski definition) is 5. The predicted molar refractivity (Wildman–Crippen MR) is 100 cm³/mol. The van der Waals surface area contributed by atoms with Crippen LogP contribution < -0.4 is 4.74 Å². The Labute approximate surface area is 157 Å². The van der Waals surface area contributed by atoms with Gasteiger partial charge in [-0.3, -0.25) is 9.89 Å². The van der Waals surface area contributed by atoms with Crippen LogP contribution >= 0.6 is 0 Å². The van der Waals surface area contributed by atoms with Gasteiger partial charge in [0.25, 0.3) is 5.91 Å². The molecule has 1 aliphatic heterocycles. The van der Waals surface area contributed by atoms with Gasteiger partial charge in [0, 0.05) is 42.7 Å². The van der Waals surface area contributed by atoms with Crippen LogP contribution in [0.4, 0.5) is 0 Å². The lowest BCUT2D eigenvalue weighted by molar-refractivity contribution is 0.0705. The molecule has 0 spiro atoms. The van der Waals surface area contributed by atoms with E-state index in [4.69, 9.17) is 4.74 Å². The van der Waals surface area contributed by atoms with E-state index in [2.05, 4.69) is 32.3 Å². The number of nitrogens with zero attached hydrogens (tertiary/aromatic N) is 4. The molecular weight excluding hydrogens is 342 g/mol. The molecule has 138 valence electrons. The molecule has 1 fully saturated rings. The molecule has 27 heavy (non-hydrogen) atoms. The SMILES string of the molecule is COc1ncc(C(=O)N2CCCC(c3[nH]ncc3-c3ccccc3)C2)cn1. The first-order valence-electron chi connectivity index (χ1n) is 9.00. The van der Waals surface area contributed by atoms with E-state index in [0.717, 1.165) is 36.2 Å². The number of likely N-dealkylation sites (tertiary alicyclic amines) is 1. The summed E-state index contributed by atoms with van der Waals surface area (Å²) in [6.07, 6.45) is 6.86. The number of methoxy groups -OCH3 is 1. The highest BCUT2D eigenvalue weighted by molar-refractivity contribution is 5.93. The van der Waals surface area contributed by atoms with Crippen molar-refractivity contribution in [2.75, 3.05) is 20.2 Å². The number of ether oxygens (including phenoxy) is 1. The number of nitrogens with one attached hydrogen (secondary N) is 1. The number of hydrogen-bond donors (Lipinski definition) is 1. The molecule has 0 radical (unpaired) electrons. The van der Waals surface area contributed by atoms with Crippen LogP contribution in [0.25, 0.3) is 11.1 Å². The fraction of sp³-hybridized carbons (Fsp3) is 0.300. The van der Waals surface area contributed by atoms with E-state index in [-0.39, 0.29) is 17.8 Å². The maximum atomic E-state index is 12.8. The molecule has 2 aromatic heterocycles. The third-order valence-corrected chi connectivity index (χ3v) is 4.93. The van der Waals surface area contributed by atoms with Gasteiger partial charge < -0.3 is 9.64 Å². The fourth-order valence-electron chi connectivity index (χ4n) is 3.57. The van der Waals surface area contributed by atoms with E-state index in [0.29, 0.717) is 12.1 Å². The summed E-state index contributed by atoms with van der Waals surface area (Å²) in [6.45, 7) is 1.38. The van der Waals surface area contributed by atoms with Crippen LogP contribution in [0.5, 0.6) is 6.01 Å². The second kappa shape index (κ2) is 7.57. The fourth-order valence-corrected chi connectivity index (χ4v) is 3.57. The molecule has 1 amide bonds. The molecule has 1 aliphatic rings. The molecule has 4 rings (SSSR count). The van der Waals surface area contributed by atoms with E-state index in [1.807, 2.05) is 29.3 Å². The van der Waals surface area contributed by atoms with Gasteiger partial charge in [-0.1, -0.05) is 30.3 Å². The van der Waals surface area contributed by atoms with Gasteiger partial charge in [0.2, 0.25) is 0 Å². The first-order chi connectivity index (χ1) is 13.3. The summed E-state index contributed by atoms with van der Waals surface area (Å²) in [5.74, 6) is 0.169. The van der Waals surface area contributed by atoms with Gasteiger partial charge in [-0.15, -0.1) is 0 Å². The topological polar surface area (TPSA) is 84.0 Å². The number of H-pyrrole nitrogens is 1. The van der Waals surface area contributed by atoms with Gasteiger partial charge >= 0.3 is 6.01 Å².